The first-order chi connectivity index (χ1) is 23.3. The Balaban J connectivity index is 0.000000295. The number of aromatic nitrogens is 2. The minimum Gasteiger partial charge on any atom is -0.486 e. The molecular weight excluding hydrogens is 637 g/mol. The smallest absolute Gasteiger partial charge is 0.342 e. The molecule has 0 saturated carbocycles. The summed E-state index contributed by atoms with van der Waals surface area (Å²) in [6.07, 6.45) is 1.18. The maximum Gasteiger partial charge on any atom is 0.342 e. The van der Waals surface area contributed by atoms with Gasteiger partial charge >= 0.3 is 5.97 Å². The number of cyclic esters (lactones) is 1. The third kappa shape index (κ3) is 7.14. The molecule has 0 spiro atoms. The first-order valence-corrected chi connectivity index (χ1v) is 17.0. The van der Waals surface area contributed by atoms with E-state index in [2.05, 4.69) is 62.4 Å². The van der Waals surface area contributed by atoms with Crippen LogP contribution in [0.5, 0.6) is 11.5 Å². The van der Waals surface area contributed by atoms with Gasteiger partial charge in [-0.15, -0.1) is 0 Å². The van der Waals surface area contributed by atoms with Crippen LogP contribution in [0, 0.1) is 0 Å². The first kappa shape index (κ1) is 34.0. The second kappa shape index (κ2) is 13.2. The molecule has 2 aliphatic heterocycles. The molecule has 7 rings (SSSR count). The van der Waals surface area contributed by atoms with Gasteiger partial charge in [0.05, 0.1) is 17.3 Å². The van der Waals surface area contributed by atoms with Gasteiger partial charge in [0.25, 0.3) is 5.79 Å². The second-order valence-corrected chi connectivity index (χ2v) is 14.9. The summed E-state index contributed by atoms with van der Waals surface area (Å²) in [7, 11) is 0. The number of fused-ring (bicyclic) bond motifs is 2. The van der Waals surface area contributed by atoms with Crippen LogP contribution < -0.4 is 9.47 Å². The molecule has 1 atom stereocenters. The Morgan fingerprint density at radius 2 is 1.39 bits per heavy atom. The number of carbonyl (C=O) groups is 2. The molecule has 0 fully saturated rings. The van der Waals surface area contributed by atoms with Crippen LogP contribution in [-0.2, 0) is 32.6 Å². The summed E-state index contributed by atoms with van der Waals surface area (Å²) >= 11 is 1.11. The molecular formula is C40H40N2O6S. The Kier molecular flexibility index (Phi) is 9.17. The minimum atomic E-state index is -1.97. The van der Waals surface area contributed by atoms with Crippen LogP contribution in [0.1, 0.15) is 79.7 Å². The van der Waals surface area contributed by atoms with Gasteiger partial charge in [-0.1, -0.05) is 96.1 Å². The van der Waals surface area contributed by atoms with Gasteiger partial charge in [0.1, 0.15) is 30.5 Å². The quantitative estimate of drug-likeness (QED) is 0.148. The molecule has 9 heteroatoms. The second-order valence-electron chi connectivity index (χ2n) is 14.3. The molecule has 5 aromatic rings. The van der Waals surface area contributed by atoms with E-state index < -0.39 is 11.8 Å². The molecule has 1 unspecified atom stereocenters. The van der Waals surface area contributed by atoms with E-state index in [4.69, 9.17) is 14.2 Å². The number of esters is 1. The van der Waals surface area contributed by atoms with Crippen LogP contribution in [-0.4, -0.2) is 39.3 Å². The van der Waals surface area contributed by atoms with Gasteiger partial charge in [-0.3, -0.25) is 4.79 Å². The number of ether oxygens (including phenoxy) is 3. The van der Waals surface area contributed by atoms with Gasteiger partial charge in [-0.2, -0.15) is 8.75 Å². The summed E-state index contributed by atoms with van der Waals surface area (Å²) in [5, 5.41) is 12.0. The molecule has 0 amide bonds. The largest absolute Gasteiger partial charge is 0.486 e. The number of benzene rings is 4. The van der Waals surface area contributed by atoms with Gasteiger partial charge < -0.3 is 19.3 Å². The van der Waals surface area contributed by atoms with Crippen molar-refractivity contribution in [1.82, 2.24) is 8.75 Å². The summed E-state index contributed by atoms with van der Waals surface area (Å²) < 4.78 is 25.7. The van der Waals surface area contributed by atoms with E-state index in [9.17, 15) is 14.7 Å². The molecule has 2 aliphatic rings. The monoisotopic (exact) mass is 676 g/mol. The van der Waals surface area contributed by atoms with Crippen LogP contribution in [0.25, 0.3) is 16.6 Å². The zero-order chi connectivity index (χ0) is 35.0. The van der Waals surface area contributed by atoms with Crippen molar-refractivity contribution in [2.75, 3.05) is 13.2 Å². The highest BCUT2D eigenvalue weighted by Crippen LogP contribution is 2.47. The Hall–Kier alpha value is -4.86. The van der Waals surface area contributed by atoms with Crippen molar-refractivity contribution in [2.24, 2.45) is 0 Å². The normalized spacial score (nSPS) is 17.4. The topological polar surface area (TPSA) is 108 Å². The van der Waals surface area contributed by atoms with Crippen molar-refractivity contribution in [3.63, 3.8) is 0 Å². The highest BCUT2D eigenvalue weighted by Gasteiger charge is 2.48. The highest BCUT2D eigenvalue weighted by atomic mass is 32.1. The van der Waals surface area contributed by atoms with E-state index in [1.165, 1.54) is 11.1 Å². The third-order valence-electron chi connectivity index (χ3n) is 8.74. The highest BCUT2D eigenvalue weighted by molar-refractivity contribution is 7.00. The van der Waals surface area contributed by atoms with E-state index in [-0.39, 0.29) is 10.8 Å². The van der Waals surface area contributed by atoms with Crippen LogP contribution in [0.3, 0.4) is 0 Å². The predicted molar refractivity (Wildman–Crippen MR) is 191 cm³/mol. The standard InChI is InChI=1S/C29H26N2O5S.C11H14O/c1-28(2,3)19-7-4-17(5-8-19)14-21-26(18-6-10-22-23(15-18)31-37-30-22)27(32)36-29(21,33)20-9-11-24-25(16-20)35-13-12-34-24;1-11(2,3)10-6-4-9(8-12)5-7-10/h4-11,15-16,33H,12-14H2,1-3H3;4-8H,1-3H3. The number of nitrogens with zero attached hydrogens (tertiary/aromatic N) is 2. The molecule has 252 valence electrons. The fraction of sp³-hybridized carbons (Fsp3) is 0.300. The lowest BCUT2D eigenvalue weighted by Gasteiger charge is -2.27. The first-order valence-electron chi connectivity index (χ1n) is 16.2. The van der Waals surface area contributed by atoms with Gasteiger partial charge in [0, 0.05) is 23.1 Å². The van der Waals surface area contributed by atoms with Crippen molar-refractivity contribution in [2.45, 2.75) is 64.6 Å². The van der Waals surface area contributed by atoms with Crippen LogP contribution >= 0.6 is 11.7 Å². The summed E-state index contributed by atoms with van der Waals surface area (Å²) in [5.74, 6) is -1.47. The predicted octanol–water partition coefficient (Wildman–Crippen LogP) is 7.96. The number of rotatable bonds is 5. The molecule has 4 aromatic carbocycles. The number of aliphatic hydroxyl groups is 1. The molecule has 1 aromatic heterocycles. The van der Waals surface area contributed by atoms with E-state index in [0.717, 1.165) is 34.7 Å². The van der Waals surface area contributed by atoms with Crippen LogP contribution in [0.4, 0.5) is 0 Å². The maximum atomic E-state index is 13.4. The average Bonchev–Trinajstić information content (AvgIpc) is 3.65. The molecule has 0 saturated heterocycles. The van der Waals surface area contributed by atoms with Crippen molar-refractivity contribution < 1.29 is 28.9 Å². The third-order valence-corrected chi connectivity index (χ3v) is 9.30. The summed E-state index contributed by atoms with van der Waals surface area (Å²) in [4.78, 5) is 23.8. The summed E-state index contributed by atoms with van der Waals surface area (Å²) in [5.41, 5.74) is 7.58. The SMILES string of the molecule is CC(C)(C)c1ccc(C=O)cc1.CC(C)(C)c1ccc(CC2=C(c3ccc4nsnc4c3)C(=O)OC2(O)c2ccc3c(c2)OCCO3)cc1. The fourth-order valence-corrected chi connectivity index (χ4v) is 6.37. The van der Waals surface area contributed by atoms with Gasteiger partial charge in [-0.05, 0) is 63.4 Å². The molecule has 0 aliphatic carbocycles. The summed E-state index contributed by atoms with van der Waals surface area (Å²) in [6.45, 7) is 13.8. The minimum absolute atomic E-state index is 0.0122. The Morgan fingerprint density at radius 1 is 0.776 bits per heavy atom. The zero-order valence-corrected chi connectivity index (χ0v) is 29.4. The summed E-state index contributed by atoms with van der Waals surface area (Å²) in [6, 6.07) is 26.5. The van der Waals surface area contributed by atoms with Gasteiger partial charge in [0.2, 0.25) is 0 Å². The molecule has 0 bridgehead atoms. The van der Waals surface area contributed by atoms with Crippen molar-refractivity contribution in [3.8, 4) is 11.5 Å². The number of carbonyl (C=O) groups excluding carboxylic acids is 2. The van der Waals surface area contributed by atoms with Gasteiger partial charge in [-0.25, -0.2) is 4.79 Å². The number of hydrogen-bond acceptors (Lipinski definition) is 9. The Labute approximate surface area is 290 Å². The lowest BCUT2D eigenvalue weighted by molar-refractivity contribution is -0.185. The van der Waals surface area contributed by atoms with Crippen molar-refractivity contribution in [1.29, 1.82) is 0 Å². The fourth-order valence-electron chi connectivity index (χ4n) is 5.85. The van der Waals surface area contributed by atoms with Gasteiger partial charge in [0.15, 0.2) is 11.5 Å². The van der Waals surface area contributed by atoms with Crippen molar-refractivity contribution in [3.05, 3.63) is 124 Å². The van der Waals surface area contributed by atoms with E-state index >= 15 is 0 Å². The molecule has 0 radical (unpaired) electrons. The van der Waals surface area contributed by atoms with E-state index in [1.54, 1.807) is 18.2 Å². The van der Waals surface area contributed by atoms with Crippen LogP contribution in [0.2, 0.25) is 0 Å². The van der Waals surface area contributed by atoms with Crippen molar-refractivity contribution >= 4 is 40.6 Å². The Bertz CT molecular complexity index is 2030. The maximum absolute atomic E-state index is 13.4. The molecule has 8 nitrogen and oxygen atoms in total. The molecule has 49 heavy (non-hydrogen) atoms. The lowest BCUT2D eigenvalue weighted by Crippen LogP contribution is -2.30. The molecule has 1 N–H and O–H groups in total. The Morgan fingerprint density at radius 3 is 2.02 bits per heavy atom. The number of hydrogen-bond donors (Lipinski definition) is 1. The lowest BCUT2D eigenvalue weighted by atomic mass is 9.84. The number of aldehydes is 1. The molecule has 3 heterocycles. The van der Waals surface area contributed by atoms with Crippen LogP contribution in [0.15, 0.2) is 90.5 Å². The zero-order valence-electron chi connectivity index (χ0n) is 28.6. The van der Waals surface area contributed by atoms with E-state index in [1.807, 2.05) is 54.6 Å². The van der Waals surface area contributed by atoms with E-state index in [0.29, 0.717) is 58.9 Å². The average molecular weight is 677 g/mol.